The molecule has 0 aliphatic carbocycles. The third-order valence-electron chi connectivity index (χ3n) is 6.49. The number of phenols is 1. The largest absolute Gasteiger partial charge is 0.508 e. The van der Waals surface area contributed by atoms with Crippen LogP contribution in [0.15, 0.2) is 54.7 Å². The van der Waals surface area contributed by atoms with E-state index in [-0.39, 0.29) is 18.6 Å². The molecule has 2 aromatic carbocycles. The molecule has 0 radical (unpaired) electrons. The minimum absolute atomic E-state index is 0.00948. The van der Waals surface area contributed by atoms with E-state index in [1.807, 2.05) is 0 Å². The molecule has 3 aromatic rings. The van der Waals surface area contributed by atoms with Gasteiger partial charge in [0, 0.05) is 23.5 Å². The maximum absolute atomic E-state index is 13.3. The predicted molar refractivity (Wildman–Crippen MR) is 151 cm³/mol. The van der Waals surface area contributed by atoms with Crippen LogP contribution in [0.5, 0.6) is 5.75 Å². The third-order valence-corrected chi connectivity index (χ3v) is 6.49. The van der Waals surface area contributed by atoms with Crippen molar-refractivity contribution in [1.82, 2.24) is 20.9 Å². The van der Waals surface area contributed by atoms with Gasteiger partial charge in [-0.05, 0) is 35.7 Å². The maximum Gasteiger partial charge on any atom is 0.326 e. The number of nitrogens with one attached hydrogen (secondary N) is 4. The number of benzene rings is 2. The average Bonchev–Trinajstić information content (AvgIpc) is 3.35. The molecule has 15 nitrogen and oxygen atoms in total. The van der Waals surface area contributed by atoms with E-state index in [1.165, 1.54) is 12.1 Å². The SMILES string of the molecule is NC(=O)CC(NC(=O)C(Cc1c[nH]c2ccccc12)NC(=O)C(CC(=O)O)NC(=O)C(N)Cc1ccc(O)cc1)C(=O)O. The molecule has 3 rings (SSSR count). The van der Waals surface area contributed by atoms with Gasteiger partial charge in [0.15, 0.2) is 0 Å². The van der Waals surface area contributed by atoms with Crippen LogP contribution in [0.25, 0.3) is 10.9 Å². The number of para-hydroxylation sites is 1. The number of fused-ring (bicyclic) bond motifs is 1. The van der Waals surface area contributed by atoms with Crippen LogP contribution in [0.1, 0.15) is 24.0 Å². The maximum atomic E-state index is 13.3. The molecule has 43 heavy (non-hydrogen) atoms. The Labute approximate surface area is 244 Å². The number of rotatable bonds is 15. The molecule has 0 saturated heterocycles. The molecular formula is C28H32N6O9. The van der Waals surface area contributed by atoms with Crippen molar-refractivity contribution >= 4 is 46.5 Å². The number of carbonyl (C=O) groups excluding carboxylic acids is 4. The highest BCUT2D eigenvalue weighted by molar-refractivity contribution is 5.96. The molecule has 0 saturated carbocycles. The first-order valence-electron chi connectivity index (χ1n) is 13.1. The Hall–Kier alpha value is -5.44. The fourth-order valence-corrected chi connectivity index (χ4v) is 4.32. The number of hydrogen-bond donors (Lipinski definition) is 9. The van der Waals surface area contributed by atoms with E-state index < -0.39 is 72.6 Å². The molecule has 0 aliphatic rings. The van der Waals surface area contributed by atoms with Crippen LogP contribution in [-0.2, 0) is 41.6 Å². The van der Waals surface area contributed by atoms with Crippen molar-refractivity contribution in [2.24, 2.45) is 11.5 Å². The average molecular weight is 597 g/mol. The Morgan fingerprint density at radius 2 is 1.37 bits per heavy atom. The number of primary amides is 1. The van der Waals surface area contributed by atoms with Crippen LogP contribution in [0.3, 0.4) is 0 Å². The number of carboxylic acid groups (broad SMARTS) is 2. The number of amides is 4. The van der Waals surface area contributed by atoms with Crippen molar-refractivity contribution in [2.75, 3.05) is 0 Å². The van der Waals surface area contributed by atoms with Gasteiger partial charge in [0.2, 0.25) is 23.6 Å². The molecule has 1 heterocycles. The summed E-state index contributed by atoms with van der Waals surface area (Å²) in [6.07, 6.45) is -0.141. The summed E-state index contributed by atoms with van der Waals surface area (Å²) < 4.78 is 0. The minimum atomic E-state index is -1.69. The van der Waals surface area contributed by atoms with Crippen LogP contribution in [0.4, 0.5) is 0 Å². The molecule has 4 atom stereocenters. The minimum Gasteiger partial charge on any atom is -0.508 e. The van der Waals surface area contributed by atoms with Crippen LogP contribution in [-0.4, -0.2) is 80.0 Å². The second kappa shape index (κ2) is 14.5. The number of H-pyrrole nitrogens is 1. The highest BCUT2D eigenvalue weighted by Crippen LogP contribution is 2.19. The molecule has 1 aromatic heterocycles. The molecule has 0 spiro atoms. The summed E-state index contributed by atoms with van der Waals surface area (Å²) in [6.45, 7) is 0. The van der Waals surface area contributed by atoms with Gasteiger partial charge < -0.3 is 47.7 Å². The normalized spacial score (nSPS) is 13.7. The number of nitrogens with two attached hydrogens (primary N) is 2. The van der Waals surface area contributed by atoms with Gasteiger partial charge in [-0.3, -0.25) is 24.0 Å². The van der Waals surface area contributed by atoms with E-state index in [1.54, 1.807) is 42.6 Å². The van der Waals surface area contributed by atoms with E-state index >= 15 is 0 Å². The van der Waals surface area contributed by atoms with E-state index in [2.05, 4.69) is 20.9 Å². The molecule has 15 heteroatoms. The summed E-state index contributed by atoms with van der Waals surface area (Å²) in [5, 5.41) is 35.9. The van der Waals surface area contributed by atoms with Gasteiger partial charge in [0.1, 0.15) is 23.9 Å². The molecule has 4 amide bonds. The van der Waals surface area contributed by atoms with E-state index in [0.29, 0.717) is 16.5 Å². The van der Waals surface area contributed by atoms with Crippen LogP contribution < -0.4 is 27.4 Å². The Kier molecular flexibility index (Phi) is 10.8. The lowest BCUT2D eigenvalue weighted by atomic mass is 10.0. The first-order chi connectivity index (χ1) is 20.3. The summed E-state index contributed by atoms with van der Waals surface area (Å²) in [5.74, 6) is -6.83. The number of aromatic hydroxyl groups is 1. The zero-order chi connectivity index (χ0) is 31.7. The lowest BCUT2D eigenvalue weighted by Crippen LogP contribution is -2.58. The van der Waals surface area contributed by atoms with Gasteiger partial charge in [-0.25, -0.2) is 4.79 Å². The van der Waals surface area contributed by atoms with E-state index in [0.717, 1.165) is 5.52 Å². The number of aliphatic carboxylic acids is 2. The number of carboxylic acids is 2. The Balaban J connectivity index is 1.82. The van der Waals surface area contributed by atoms with Crippen LogP contribution in [0, 0.1) is 0 Å². The number of hydrogen-bond acceptors (Lipinski definition) is 8. The molecule has 4 unspecified atom stereocenters. The monoisotopic (exact) mass is 596 g/mol. The van der Waals surface area contributed by atoms with Gasteiger partial charge in [-0.15, -0.1) is 0 Å². The summed E-state index contributed by atoms with van der Waals surface area (Å²) in [6, 6.07) is 6.95. The summed E-state index contributed by atoms with van der Waals surface area (Å²) in [4.78, 5) is 76.9. The fourth-order valence-electron chi connectivity index (χ4n) is 4.32. The zero-order valence-electron chi connectivity index (χ0n) is 22.8. The molecule has 11 N–H and O–H groups in total. The molecule has 0 aliphatic heterocycles. The van der Waals surface area contributed by atoms with Crippen molar-refractivity contribution in [3.63, 3.8) is 0 Å². The van der Waals surface area contributed by atoms with Crippen LogP contribution >= 0.6 is 0 Å². The lowest BCUT2D eigenvalue weighted by molar-refractivity contribution is -0.144. The standard InChI is InChI=1S/C28H32N6O9/c29-18(9-14-5-7-16(35)8-6-14)25(39)32-21(12-24(37)38)27(41)33-20(26(40)34-22(28(42)43)11-23(30)36)10-15-13-31-19-4-2-1-3-17(15)19/h1-8,13,18,20-22,31,35H,9-12,29H2,(H2,30,36)(H,32,39)(H,33,41)(H,34,40)(H,37,38)(H,42,43). The first-order valence-corrected chi connectivity index (χ1v) is 13.1. The Bertz CT molecular complexity index is 1500. The fraction of sp³-hybridized carbons (Fsp3) is 0.286. The van der Waals surface area contributed by atoms with Gasteiger partial charge in [0.05, 0.1) is 18.9 Å². The number of aromatic nitrogens is 1. The Morgan fingerprint density at radius 1 is 0.767 bits per heavy atom. The first kappa shape index (κ1) is 32.1. The van der Waals surface area contributed by atoms with Gasteiger partial charge in [-0.1, -0.05) is 30.3 Å². The number of phenolic OH excluding ortho intramolecular Hbond substituents is 1. The summed E-state index contributed by atoms with van der Waals surface area (Å²) in [5.41, 5.74) is 13.0. The van der Waals surface area contributed by atoms with Crippen molar-refractivity contribution in [2.45, 2.75) is 49.9 Å². The van der Waals surface area contributed by atoms with Gasteiger partial charge >= 0.3 is 11.9 Å². The van der Waals surface area contributed by atoms with E-state index in [4.69, 9.17) is 11.5 Å². The third kappa shape index (κ3) is 9.29. The number of carbonyl (C=O) groups is 6. The van der Waals surface area contributed by atoms with E-state index in [9.17, 15) is 44.1 Å². The van der Waals surface area contributed by atoms with Crippen molar-refractivity contribution in [1.29, 1.82) is 0 Å². The Morgan fingerprint density at radius 3 is 2.00 bits per heavy atom. The quantitative estimate of drug-likeness (QED) is 0.102. The number of aromatic amines is 1. The molecular weight excluding hydrogens is 564 g/mol. The van der Waals surface area contributed by atoms with Crippen LogP contribution in [0.2, 0.25) is 0 Å². The van der Waals surface area contributed by atoms with Crippen molar-refractivity contribution < 1.29 is 44.1 Å². The molecule has 0 fully saturated rings. The second-order valence-corrected chi connectivity index (χ2v) is 9.83. The van der Waals surface area contributed by atoms with Crippen molar-refractivity contribution in [3.05, 3.63) is 65.9 Å². The lowest BCUT2D eigenvalue weighted by Gasteiger charge is -2.24. The van der Waals surface area contributed by atoms with Gasteiger partial charge in [0.25, 0.3) is 0 Å². The highest BCUT2D eigenvalue weighted by Gasteiger charge is 2.32. The molecule has 0 bridgehead atoms. The van der Waals surface area contributed by atoms with Gasteiger partial charge in [-0.2, -0.15) is 0 Å². The summed E-state index contributed by atoms with van der Waals surface area (Å²) in [7, 11) is 0. The van der Waals surface area contributed by atoms with Crippen molar-refractivity contribution in [3.8, 4) is 5.75 Å². The highest BCUT2D eigenvalue weighted by atomic mass is 16.4. The predicted octanol–water partition coefficient (Wildman–Crippen LogP) is -1.12. The summed E-state index contributed by atoms with van der Waals surface area (Å²) >= 11 is 0. The zero-order valence-corrected chi connectivity index (χ0v) is 22.8. The molecule has 228 valence electrons. The second-order valence-electron chi connectivity index (χ2n) is 9.83. The topological polar surface area (TPSA) is 267 Å². The smallest absolute Gasteiger partial charge is 0.326 e.